The van der Waals surface area contributed by atoms with E-state index in [1.165, 1.54) is 6.07 Å². The van der Waals surface area contributed by atoms with Crippen molar-refractivity contribution < 1.29 is 9.90 Å². The van der Waals surface area contributed by atoms with Gasteiger partial charge in [0.1, 0.15) is 11.6 Å². The average Bonchev–Trinajstić information content (AvgIpc) is 2.17. The molecule has 0 heterocycles. The van der Waals surface area contributed by atoms with E-state index in [-0.39, 0.29) is 0 Å². The molecule has 4 nitrogen and oxygen atoms in total. The lowest BCUT2D eigenvalue weighted by molar-refractivity contribution is -0.141. The van der Waals surface area contributed by atoms with Crippen LogP contribution in [0.3, 0.4) is 0 Å². The van der Waals surface area contributed by atoms with Gasteiger partial charge in [0, 0.05) is 5.69 Å². The standard InChI is InChI=1S/C11H11ClN2O2/c1-11(2,10(15)16)14-8-4-3-7(6-13)9(12)5-8/h3-5,14H,1-2H3,(H,15,16). The molecule has 0 aliphatic carbocycles. The molecular weight excluding hydrogens is 228 g/mol. The number of benzene rings is 1. The lowest BCUT2D eigenvalue weighted by Gasteiger charge is -2.22. The van der Waals surface area contributed by atoms with Gasteiger partial charge in [-0.05, 0) is 32.0 Å². The van der Waals surface area contributed by atoms with Gasteiger partial charge in [-0.25, -0.2) is 4.79 Å². The number of aliphatic carboxylic acids is 1. The van der Waals surface area contributed by atoms with Crippen molar-refractivity contribution in [3.05, 3.63) is 28.8 Å². The van der Waals surface area contributed by atoms with Crippen LogP contribution in [0.25, 0.3) is 0 Å². The van der Waals surface area contributed by atoms with Crippen LogP contribution < -0.4 is 5.32 Å². The van der Waals surface area contributed by atoms with Crippen molar-refractivity contribution in [3.8, 4) is 6.07 Å². The number of nitrogens with zero attached hydrogens (tertiary/aromatic N) is 1. The molecule has 0 unspecified atom stereocenters. The number of carboxylic acid groups (broad SMARTS) is 1. The maximum absolute atomic E-state index is 10.9. The summed E-state index contributed by atoms with van der Waals surface area (Å²) < 4.78 is 0. The van der Waals surface area contributed by atoms with Crippen molar-refractivity contribution in [2.24, 2.45) is 0 Å². The highest BCUT2D eigenvalue weighted by Crippen LogP contribution is 2.22. The van der Waals surface area contributed by atoms with Crippen LogP contribution in [0.4, 0.5) is 5.69 Å². The molecule has 1 rings (SSSR count). The molecule has 1 aromatic carbocycles. The first-order valence-corrected chi connectivity index (χ1v) is 4.96. The van der Waals surface area contributed by atoms with E-state index in [1.54, 1.807) is 26.0 Å². The van der Waals surface area contributed by atoms with E-state index in [1.807, 2.05) is 6.07 Å². The number of rotatable bonds is 3. The van der Waals surface area contributed by atoms with Gasteiger partial charge >= 0.3 is 5.97 Å². The lowest BCUT2D eigenvalue weighted by atomic mass is 10.1. The fourth-order valence-corrected chi connectivity index (χ4v) is 1.32. The zero-order chi connectivity index (χ0) is 12.3. The number of carbonyl (C=O) groups is 1. The molecule has 84 valence electrons. The second-order valence-electron chi connectivity index (χ2n) is 3.86. The van der Waals surface area contributed by atoms with Crippen LogP contribution in [0.1, 0.15) is 19.4 Å². The molecule has 2 N–H and O–H groups in total. The molecule has 0 aliphatic heterocycles. The minimum Gasteiger partial charge on any atom is -0.480 e. The summed E-state index contributed by atoms with van der Waals surface area (Å²) in [6, 6.07) is 6.63. The predicted octanol–water partition coefficient (Wildman–Crippen LogP) is 2.49. The van der Waals surface area contributed by atoms with Crippen molar-refractivity contribution in [1.29, 1.82) is 5.26 Å². The molecule has 0 aliphatic rings. The zero-order valence-corrected chi connectivity index (χ0v) is 9.67. The van der Waals surface area contributed by atoms with Gasteiger partial charge in [0.25, 0.3) is 0 Å². The molecule has 0 atom stereocenters. The van der Waals surface area contributed by atoms with E-state index in [9.17, 15) is 4.79 Å². The minimum atomic E-state index is -1.09. The van der Waals surface area contributed by atoms with E-state index in [2.05, 4.69) is 5.32 Å². The molecule has 0 aromatic heterocycles. The van der Waals surface area contributed by atoms with Gasteiger partial charge in [0.15, 0.2) is 0 Å². The second-order valence-corrected chi connectivity index (χ2v) is 4.27. The van der Waals surface area contributed by atoms with Crippen LogP contribution in [0.5, 0.6) is 0 Å². The monoisotopic (exact) mass is 238 g/mol. The molecule has 0 bridgehead atoms. The van der Waals surface area contributed by atoms with Gasteiger partial charge in [-0.2, -0.15) is 5.26 Å². The molecule has 5 heteroatoms. The number of hydrogen-bond donors (Lipinski definition) is 2. The molecule has 0 fully saturated rings. The van der Waals surface area contributed by atoms with Crippen molar-refractivity contribution in [2.75, 3.05) is 5.32 Å². The minimum absolute atomic E-state index is 0.300. The van der Waals surface area contributed by atoms with E-state index in [4.69, 9.17) is 22.0 Å². The maximum atomic E-state index is 10.9. The normalized spacial score (nSPS) is 10.6. The van der Waals surface area contributed by atoms with Gasteiger partial charge in [0.2, 0.25) is 0 Å². The van der Waals surface area contributed by atoms with E-state index in [0.717, 1.165) is 0 Å². The first-order valence-electron chi connectivity index (χ1n) is 4.58. The Morgan fingerprint density at radius 3 is 2.62 bits per heavy atom. The Hall–Kier alpha value is -1.73. The van der Waals surface area contributed by atoms with Crippen LogP contribution in [0, 0.1) is 11.3 Å². The second kappa shape index (κ2) is 4.42. The summed E-state index contributed by atoms with van der Waals surface area (Å²) in [4.78, 5) is 10.9. The van der Waals surface area contributed by atoms with Gasteiger partial charge < -0.3 is 10.4 Å². The summed E-state index contributed by atoms with van der Waals surface area (Å²) in [5, 5.41) is 20.7. The van der Waals surface area contributed by atoms with Gasteiger partial charge in [-0.3, -0.25) is 0 Å². The molecule has 0 saturated carbocycles. The summed E-state index contributed by atoms with van der Waals surface area (Å²) in [6.45, 7) is 3.09. The molecular formula is C11H11ClN2O2. The largest absolute Gasteiger partial charge is 0.480 e. The van der Waals surface area contributed by atoms with Crippen molar-refractivity contribution in [2.45, 2.75) is 19.4 Å². The van der Waals surface area contributed by atoms with Crippen LogP contribution in [0.2, 0.25) is 5.02 Å². The fraction of sp³-hybridized carbons (Fsp3) is 0.273. The SMILES string of the molecule is CC(C)(Nc1ccc(C#N)c(Cl)c1)C(=O)O. The Bertz CT molecular complexity index is 464. The fourth-order valence-electron chi connectivity index (χ4n) is 1.10. The Morgan fingerprint density at radius 2 is 2.19 bits per heavy atom. The van der Waals surface area contributed by atoms with Crippen LogP contribution >= 0.6 is 11.6 Å². The van der Waals surface area contributed by atoms with Crippen LogP contribution in [-0.2, 0) is 4.79 Å². The van der Waals surface area contributed by atoms with Gasteiger partial charge in [0.05, 0.1) is 10.6 Å². The zero-order valence-electron chi connectivity index (χ0n) is 8.91. The molecule has 0 radical (unpaired) electrons. The smallest absolute Gasteiger partial charge is 0.328 e. The maximum Gasteiger partial charge on any atom is 0.328 e. The lowest BCUT2D eigenvalue weighted by Crippen LogP contribution is -2.39. The number of hydrogen-bond acceptors (Lipinski definition) is 3. The highest BCUT2D eigenvalue weighted by molar-refractivity contribution is 6.32. The van der Waals surface area contributed by atoms with Crippen molar-refractivity contribution >= 4 is 23.3 Å². The number of nitriles is 1. The number of halogens is 1. The van der Waals surface area contributed by atoms with Crippen molar-refractivity contribution in [3.63, 3.8) is 0 Å². The first-order chi connectivity index (χ1) is 7.36. The van der Waals surface area contributed by atoms with Crippen LogP contribution in [0.15, 0.2) is 18.2 Å². The Morgan fingerprint density at radius 1 is 1.56 bits per heavy atom. The highest BCUT2D eigenvalue weighted by atomic mass is 35.5. The number of anilines is 1. The summed E-state index contributed by atoms with van der Waals surface area (Å²) >= 11 is 5.83. The topological polar surface area (TPSA) is 73.1 Å². The summed E-state index contributed by atoms with van der Waals surface area (Å²) in [7, 11) is 0. The summed E-state index contributed by atoms with van der Waals surface area (Å²) in [6.07, 6.45) is 0. The van der Waals surface area contributed by atoms with E-state index >= 15 is 0 Å². The average molecular weight is 239 g/mol. The molecule has 0 saturated heterocycles. The third-order valence-electron chi connectivity index (χ3n) is 2.08. The first kappa shape index (κ1) is 12.3. The molecule has 0 spiro atoms. The quantitative estimate of drug-likeness (QED) is 0.849. The van der Waals surface area contributed by atoms with E-state index < -0.39 is 11.5 Å². The third kappa shape index (κ3) is 2.65. The van der Waals surface area contributed by atoms with Gasteiger partial charge in [-0.1, -0.05) is 11.6 Å². The van der Waals surface area contributed by atoms with E-state index in [0.29, 0.717) is 16.3 Å². The molecule has 16 heavy (non-hydrogen) atoms. The third-order valence-corrected chi connectivity index (χ3v) is 2.39. The van der Waals surface area contributed by atoms with Crippen molar-refractivity contribution in [1.82, 2.24) is 0 Å². The molecule has 1 aromatic rings. The summed E-state index contributed by atoms with van der Waals surface area (Å²) in [5.74, 6) is -0.965. The predicted molar refractivity (Wildman–Crippen MR) is 61.5 cm³/mol. The number of carboxylic acids is 1. The highest BCUT2D eigenvalue weighted by Gasteiger charge is 2.26. The molecule has 0 amide bonds. The Kier molecular flexibility index (Phi) is 3.41. The Balaban J connectivity index is 2.97. The number of nitrogens with one attached hydrogen (secondary N) is 1. The Labute approximate surface area is 98.5 Å². The summed E-state index contributed by atoms with van der Waals surface area (Å²) in [5.41, 5.74) is -0.158. The van der Waals surface area contributed by atoms with Crippen LogP contribution in [-0.4, -0.2) is 16.6 Å². The van der Waals surface area contributed by atoms with Gasteiger partial charge in [-0.15, -0.1) is 0 Å².